The van der Waals surface area contributed by atoms with Crippen LogP contribution in [0.4, 0.5) is 0 Å². The Morgan fingerprint density at radius 1 is 0.714 bits per heavy atom. The van der Waals surface area contributed by atoms with Gasteiger partial charge in [0.2, 0.25) is 0 Å². The van der Waals surface area contributed by atoms with Crippen LogP contribution in [0.5, 0.6) is 23.0 Å². The molecule has 0 aliphatic carbocycles. The molecule has 0 amide bonds. The highest BCUT2D eigenvalue weighted by atomic mass is 79.9. The Balaban J connectivity index is 1.61. The number of halogens is 2. The fraction of sp³-hybridized carbons (Fsp3) is 0.381. The van der Waals surface area contributed by atoms with E-state index in [-0.39, 0.29) is 17.6 Å². The Morgan fingerprint density at radius 2 is 1.11 bits per heavy atom. The number of rotatable bonds is 6. The molecule has 0 saturated heterocycles. The quantitative estimate of drug-likeness (QED) is 0.536. The molecule has 0 saturated carbocycles. The molecule has 0 bridgehead atoms. The average molecular weight is 512 g/mol. The van der Waals surface area contributed by atoms with Gasteiger partial charge in [0, 0.05) is 10.7 Å². The zero-order chi connectivity index (χ0) is 19.5. The number of benzene rings is 2. The van der Waals surface area contributed by atoms with Crippen molar-refractivity contribution in [2.45, 2.75) is 11.8 Å². The Labute approximate surface area is 180 Å². The van der Waals surface area contributed by atoms with Gasteiger partial charge in [0.25, 0.3) is 0 Å². The summed E-state index contributed by atoms with van der Waals surface area (Å²) in [5, 5.41) is 1.05. The van der Waals surface area contributed by atoms with Crippen molar-refractivity contribution in [2.75, 3.05) is 37.1 Å². The molecular formula is C21H20Br2O5. The molecule has 5 nitrogen and oxygen atoms in total. The predicted molar refractivity (Wildman–Crippen MR) is 113 cm³/mol. The Morgan fingerprint density at radius 3 is 1.50 bits per heavy atom. The van der Waals surface area contributed by atoms with E-state index < -0.39 is 0 Å². The van der Waals surface area contributed by atoms with Gasteiger partial charge in [-0.3, -0.25) is 4.79 Å². The van der Waals surface area contributed by atoms with Crippen LogP contribution >= 0.6 is 31.9 Å². The van der Waals surface area contributed by atoms with Crippen molar-refractivity contribution in [2.24, 2.45) is 0 Å². The third-order valence-electron chi connectivity index (χ3n) is 4.93. The highest BCUT2D eigenvalue weighted by Crippen LogP contribution is 2.38. The van der Waals surface area contributed by atoms with E-state index in [4.69, 9.17) is 18.9 Å². The Kier molecular flexibility index (Phi) is 6.11. The van der Waals surface area contributed by atoms with Gasteiger partial charge in [-0.15, -0.1) is 0 Å². The summed E-state index contributed by atoms with van der Waals surface area (Å²) in [5.74, 6) is 2.36. The Hall–Kier alpha value is -1.73. The molecule has 2 unspecified atom stereocenters. The van der Waals surface area contributed by atoms with Crippen molar-refractivity contribution in [1.82, 2.24) is 0 Å². The summed E-state index contributed by atoms with van der Waals surface area (Å²) in [4.78, 5) is 13.4. The molecule has 0 radical (unpaired) electrons. The number of alkyl halides is 2. The van der Waals surface area contributed by atoms with E-state index in [0.29, 0.717) is 48.6 Å². The van der Waals surface area contributed by atoms with Crippen LogP contribution in [0.2, 0.25) is 0 Å². The molecule has 0 spiro atoms. The SMILES string of the molecule is O=C(C(CBr)c1ccc2c(c1)OCCO2)C(CBr)c1ccc2c(c1)OCCO2. The molecule has 28 heavy (non-hydrogen) atoms. The van der Waals surface area contributed by atoms with Gasteiger partial charge in [0.05, 0.1) is 11.8 Å². The molecule has 7 heteroatoms. The van der Waals surface area contributed by atoms with Crippen molar-refractivity contribution in [1.29, 1.82) is 0 Å². The number of ether oxygens (including phenoxy) is 4. The van der Waals surface area contributed by atoms with Gasteiger partial charge < -0.3 is 18.9 Å². The van der Waals surface area contributed by atoms with Crippen LogP contribution in [0.15, 0.2) is 36.4 Å². The molecule has 2 aliphatic heterocycles. The van der Waals surface area contributed by atoms with Gasteiger partial charge in [-0.1, -0.05) is 44.0 Å². The lowest BCUT2D eigenvalue weighted by Gasteiger charge is -2.24. The molecule has 0 N–H and O–H groups in total. The van der Waals surface area contributed by atoms with E-state index in [9.17, 15) is 4.79 Å². The lowest BCUT2D eigenvalue weighted by Crippen LogP contribution is -2.24. The number of hydrogen-bond acceptors (Lipinski definition) is 5. The van der Waals surface area contributed by atoms with Crippen molar-refractivity contribution in [3.05, 3.63) is 47.5 Å². The van der Waals surface area contributed by atoms with Gasteiger partial charge in [-0.25, -0.2) is 0 Å². The van der Waals surface area contributed by atoms with Crippen molar-refractivity contribution in [3.63, 3.8) is 0 Å². The second-order valence-electron chi connectivity index (χ2n) is 6.62. The summed E-state index contributed by atoms with van der Waals surface area (Å²) >= 11 is 7.05. The second-order valence-corrected chi connectivity index (χ2v) is 7.92. The molecule has 0 fully saturated rings. The molecule has 2 heterocycles. The molecule has 2 atom stereocenters. The van der Waals surface area contributed by atoms with Crippen LogP contribution in [0.3, 0.4) is 0 Å². The van der Waals surface area contributed by atoms with Crippen LogP contribution < -0.4 is 18.9 Å². The molecule has 4 rings (SSSR count). The van der Waals surface area contributed by atoms with Crippen LogP contribution in [0.1, 0.15) is 23.0 Å². The zero-order valence-electron chi connectivity index (χ0n) is 15.2. The number of hydrogen-bond donors (Lipinski definition) is 0. The first-order valence-corrected chi connectivity index (χ1v) is 11.4. The predicted octanol–water partition coefficient (Wildman–Crippen LogP) is 4.46. The maximum Gasteiger partial charge on any atom is 0.161 e. The first-order valence-electron chi connectivity index (χ1n) is 9.16. The maximum atomic E-state index is 13.4. The van der Waals surface area contributed by atoms with Crippen molar-refractivity contribution in [3.8, 4) is 23.0 Å². The van der Waals surface area contributed by atoms with Gasteiger partial charge >= 0.3 is 0 Å². The number of fused-ring (bicyclic) bond motifs is 2. The minimum Gasteiger partial charge on any atom is -0.486 e. The first-order chi connectivity index (χ1) is 13.7. The highest BCUT2D eigenvalue weighted by Gasteiger charge is 2.30. The molecule has 2 aromatic rings. The van der Waals surface area contributed by atoms with Gasteiger partial charge in [-0.05, 0) is 35.4 Å². The van der Waals surface area contributed by atoms with E-state index in [0.717, 1.165) is 22.6 Å². The third-order valence-corrected chi connectivity index (χ3v) is 6.23. The topological polar surface area (TPSA) is 54.0 Å². The standard InChI is InChI=1S/C21H20Br2O5/c22-11-15(13-1-3-17-19(9-13)27-7-5-25-17)21(24)16(12-23)14-2-4-18-20(10-14)28-8-6-26-18/h1-4,9-10,15-16H,5-8,11-12H2. The fourth-order valence-corrected chi connectivity index (χ4v) is 4.84. The lowest BCUT2D eigenvalue weighted by molar-refractivity contribution is -0.121. The second kappa shape index (κ2) is 8.74. The van der Waals surface area contributed by atoms with Crippen LogP contribution in [0.25, 0.3) is 0 Å². The van der Waals surface area contributed by atoms with Crippen molar-refractivity contribution >= 4 is 37.6 Å². The summed E-state index contributed by atoms with van der Waals surface area (Å²) in [7, 11) is 0. The summed E-state index contributed by atoms with van der Waals surface area (Å²) in [6.45, 7) is 2.13. The Bertz CT molecular complexity index is 800. The van der Waals surface area contributed by atoms with E-state index in [1.807, 2.05) is 36.4 Å². The smallest absolute Gasteiger partial charge is 0.161 e. The molecule has 148 valence electrons. The first kappa shape index (κ1) is 19.6. The normalized spacial score (nSPS) is 16.9. The van der Waals surface area contributed by atoms with Crippen LogP contribution in [-0.4, -0.2) is 42.9 Å². The van der Waals surface area contributed by atoms with E-state index in [1.54, 1.807) is 0 Å². The van der Waals surface area contributed by atoms with E-state index in [1.165, 1.54) is 0 Å². The summed E-state index contributed by atoms with van der Waals surface area (Å²) in [6.07, 6.45) is 0. The summed E-state index contributed by atoms with van der Waals surface area (Å²) < 4.78 is 22.5. The number of ketones is 1. The zero-order valence-corrected chi connectivity index (χ0v) is 18.3. The summed E-state index contributed by atoms with van der Waals surface area (Å²) in [6, 6.07) is 11.4. The number of carbonyl (C=O) groups excluding carboxylic acids is 1. The molecule has 0 aromatic heterocycles. The molecule has 2 aliphatic rings. The van der Waals surface area contributed by atoms with Crippen molar-refractivity contribution < 1.29 is 23.7 Å². The highest BCUT2D eigenvalue weighted by molar-refractivity contribution is 9.09. The molecule has 2 aromatic carbocycles. The van der Waals surface area contributed by atoms with E-state index in [2.05, 4.69) is 31.9 Å². The monoisotopic (exact) mass is 510 g/mol. The average Bonchev–Trinajstić information content (AvgIpc) is 2.74. The number of Topliss-reactive ketones (excluding diaryl/α,β-unsaturated/α-hetero) is 1. The van der Waals surface area contributed by atoms with Gasteiger partial charge in [0.1, 0.15) is 32.2 Å². The molecular weight excluding hydrogens is 492 g/mol. The summed E-state index contributed by atoms with van der Waals surface area (Å²) in [5.41, 5.74) is 1.82. The van der Waals surface area contributed by atoms with E-state index >= 15 is 0 Å². The largest absolute Gasteiger partial charge is 0.486 e. The minimum atomic E-state index is -0.299. The lowest BCUT2D eigenvalue weighted by atomic mass is 9.85. The van der Waals surface area contributed by atoms with Gasteiger partial charge in [-0.2, -0.15) is 0 Å². The fourth-order valence-electron chi connectivity index (χ4n) is 3.46. The third kappa shape index (κ3) is 3.87. The van der Waals surface area contributed by atoms with Gasteiger partial charge in [0.15, 0.2) is 23.0 Å². The maximum absolute atomic E-state index is 13.4. The van der Waals surface area contributed by atoms with Crippen LogP contribution in [-0.2, 0) is 4.79 Å². The van der Waals surface area contributed by atoms with Crippen LogP contribution in [0, 0.1) is 0 Å². The number of carbonyl (C=O) groups is 1. The minimum absolute atomic E-state index is 0.127.